The second-order valence-corrected chi connectivity index (χ2v) is 5.30. The summed E-state index contributed by atoms with van der Waals surface area (Å²) < 4.78 is 0. The van der Waals surface area contributed by atoms with Crippen molar-refractivity contribution >= 4 is 5.91 Å². The van der Waals surface area contributed by atoms with Crippen LogP contribution < -0.4 is 0 Å². The average molecular weight is 244 g/mol. The van der Waals surface area contributed by atoms with E-state index in [9.17, 15) is 4.79 Å². The van der Waals surface area contributed by atoms with Crippen molar-refractivity contribution in [1.82, 2.24) is 9.80 Å². The first-order chi connectivity index (χ1) is 8.84. The lowest BCUT2D eigenvalue weighted by molar-refractivity contribution is 0.0743. The third kappa shape index (κ3) is 2.27. The van der Waals surface area contributed by atoms with E-state index in [1.54, 1.807) is 0 Å². The Morgan fingerprint density at radius 2 is 1.83 bits per heavy atom. The molecule has 2 heterocycles. The van der Waals surface area contributed by atoms with Crippen LogP contribution in [0.2, 0.25) is 0 Å². The van der Waals surface area contributed by atoms with E-state index in [-0.39, 0.29) is 5.91 Å². The summed E-state index contributed by atoms with van der Waals surface area (Å²) in [5, 5.41) is 0. The molecule has 18 heavy (non-hydrogen) atoms. The minimum atomic E-state index is 0.198. The summed E-state index contributed by atoms with van der Waals surface area (Å²) in [7, 11) is 0. The highest BCUT2D eigenvalue weighted by atomic mass is 16.2. The number of rotatable bonds is 1. The van der Waals surface area contributed by atoms with Gasteiger partial charge in [-0.05, 0) is 37.9 Å². The van der Waals surface area contributed by atoms with Crippen LogP contribution in [0.25, 0.3) is 0 Å². The maximum atomic E-state index is 12.4. The van der Waals surface area contributed by atoms with E-state index in [2.05, 4.69) is 4.90 Å². The van der Waals surface area contributed by atoms with Gasteiger partial charge in [0.25, 0.3) is 5.91 Å². The Morgan fingerprint density at radius 3 is 2.67 bits per heavy atom. The van der Waals surface area contributed by atoms with Gasteiger partial charge in [-0.2, -0.15) is 0 Å². The lowest BCUT2D eigenvalue weighted by atomic mass is 10.1. The van der Waals surface area contributed by atoms with Gasteiger partial charge in [0.2, 0.25) is 0 Å². The molecule has 1 atom stereocenters. The van der Waals surface area contributed by atoms with Crippen molar-refractivity contribution < 1.29 is 4.79 Å². The Bertz CT molecular complexity index is 418. The molecule has 3 rings (SSSR count). The minimum absolute atomic E-state index is 0.198. The summed E-state index contributed by atoms with van der Waals surface area (Å²) in [6.45, 7) is 4.19. The van der Waals surface area contributed by atoms with E-state index in [0.29, 0.717) is 6.04 Å². The Hall–Kier alpha value is -1.35. The molecule has 0 N–H and O–H groups in total. The molecule has 2 fully saturated rings. The summed E-state index contributed by atoms with van der Waals surface area (Å²) >= 11 is 0. The van der Waals surface area contributed by atoms with Crippen molar-refractivity contribution in [2.75, 3.05) is 26.2 Å². The molecule has 2 aliphatic rings. The number of hydrogen-bond donors (Lipinski definition) is 0. The van der Waals surface area contributed by atoms with Crippen LogP contribution in [0.4, 0.5) is 0 Å². The smallest absolute Gasteiger partial charge is 0.253 e. The van der Waals surface area contributed by atoms with Crippen LogP contribution in [-0.4, -0.2) is 47.9 Å². The zero-order valence-electron chi connectivity index (χ0n) is 10.7. The van der Waals surface area contributed by atoms with Crippen molar-refractivity contribution in [2.45, 2.75) is 25.3 Å². The third-order valence-electron chi connectivity index (χ3n) is 4.11. The van der Waals surface area contributed by atoms with E-state index in [4.69, 9.17) is 0 Å². The predicted octanol–water partition coefficient (Wildman–Crippen LogP) is 2.00. The van der Waals surface area contributed by atoms with Crippen molar-refractivity contribution in [3.8, 4) is 0 Å². The van der Waals surface area contributed by atoms with Gasteiger partial charge < -0.3 is 4.90 Å². The highest BCUT2D eigenvalue weighted by molar-refractivity contribution is 5.94. The minimum Gasteiger partial charge on any atom is -0.337 e. The SMILES string of the molecule is O=C(c1ccccc1)N1CCCN2CCCC2C1. The van der Waals surface area contributed by atoms with Crippen LogP contribution in [0.3, 0.4) is 0 Å². The van der Waals surface area contributed by atoms with Crippen LogP contribution >= 0.6 is 0 Å². The van der Waals surface area contributed by atoms with Gasteiger partial charge in [0, 0.05) is 31.2 Å². The molecule has 96 valence electrons. The maximum Gasteiger partial charge on any atom is 0.253 e. The van der Waals surface area contributed by atoms with Gasteiger partial charge >= 0.3 is 0 Å². The molecule has 0 aromatic heterocycles. The molecule has 0 radical (unpaired) electrons. The van der Waals surface area contributed by atoms with E-state index >= 15 is 0 Å². The molecule has 2 saturated heterocycles. The first-order valence-electron chi connectivity index (χ1n) is 6.93. The van der Waals surface area contributed by atoms with Crippen LogP contribution in [0.15, 0.2) is 30.3 Å². The number of carbonyl (C=O) groups is 1. The molecule has 3 nitrogen and oxygen atoms in total. The second-order valence-electron chi connectivity index (χ2n) is 5.30. The van der Waals surface area contributed by atoms with E-state index in [0.717, 1.165) is 31.6 Å². The molecule has 1 unspecified atom stereocenters. The zero-order valence-corrected chi connectivity index (χ0v) is 10.7. The topological polar surface area (TPSA) is 23.6 Å². The van der Waals surface area contributed by atoms with E-state index in [1.807, 2.05) is 35.2 Å². The van der Waals surface area contributed by atoms with Crippen molar-refractivity contribution in [3.63, 3.8) is 0 Å². The lowest BCUT2D eigenvalue weighted by Gasteiger charge is -2.25. The van der Waals surface area contributed by atoms with Crippen molar-refractivity contribution in [3.05, 3.63) is 35.9 Å². The van der Waals surface area contributed by atoms with Gasteiger partial charge in [-0.1, -0.05) is 18.2 Å². The molecule has 0 spiro atoms. The largest absolute Gasteiger partial charge is 0.337 e. The third-order valence-corrected chi connectivity index (χ3v) is 4.11. The fourth-order valence-corrected chi connectivity index (χ4v) is 3.15. The van der Waals surface area contributed by atoms with Crippen molar-refractivity contribution in [2.24, 2.45) is 0 Å². The van der Waals surface area contributed by atoms with E-state index in [1.165, 1.54) is 19.4 Å². The molecule has 3 heteroatoms. The van der Waals surface area contributed by atoms with Gasteiger partial charge in [0.05, 0.1) is 0 Å². The van der Waals surface area contributed by atoms with Crippen LogP contribution in [0, 0.1) is 0 Å². The number of amides is 1. The van der Waals surface area contributed by atoms with Crippen LogP contribution in [0.5, 0.6) is 0 Å². The zero-order chi connectivity index (χ0) is 12.4. The number of benzene rings is 1. The molecule has 1 aromatic carbocycles. The van der Waals surface area contributed by atoms with Gasteiger partial charge in [-0.3, -0.25) is 9.69 Å². The lowest BCUT2D eigenvalue weighted by Crippen LogP contribution is -2.39. The number of fused-ring (bicyclic) bond motifs is 1. The maximum absolute atomic E-state index is 12.4. The quantitative estimate of drug-likeness (QED) is 0.754. The predicted molar refractivity (Wildman–Crippen MR) is 71.6 cm³/mol. The first-order valence-corrected chi connectivity index (χ1v) is 6.93. The highest BCUT2D eigenvalue weighted by Crippen LogP contribution is 2.22. The summed E-state index contributed by atoms with van der Waals surface area (Å²) in [5.74, 6) is 0.198. The van der Waals surface area contributed by atoms with Gasteiger partial charge in [-0.25, -0.2) is 0 Å². The number of nitrogens with zero attached hydrogens (tertiary/aromatic N) is 2. The first kappa shape index (κ1) is 11.7. The van der Waals surface area contributed by atoms with Gasteiger partial charge in [-0.15, -0.1) is 0 Å². The monoisotopic (exact) mass is 244 g/mol. The Morgan fingerprint density at radius 1 is 1.06 bits per heavy atom. The Labute approximate surface area is 108 Å². The molecule has 0 saturated carbocycles. The molecule has 1 aromatic rings. The average Bonchev–Trinajstić information content (AvgIpc) is 2.76. The Kier molecular flexibility index (Phi) is 3.33. The van der Waals surface area contributed by atoms with Crippen LogP contribution in [0.1, 0.15) is 29.6 Å². The fraction of sp³-hybridized carbons (Fsp3) is 0.533. The standard InChI is InChI=1S/C15H20N2O/c18-15(13-6-2-1-3-7-13)17-11-5-10-16-9-4-8-14(16)12-17/h1-3,6-7,14H,4-5,8-12H2. The Balaban J connectivity index is 1.74. The van der Waals surface area contributed by atoms with Gasteiger partial charge in [0.15, 0.2) is 0 Å². The summed E-state index contributed by atoms with van der Waals surface area (Å²) in [6, 6.07) is 10.3. The van der Waals surface area contributed by atoms with E-state index < -0.39 is 0 Å². The van der Waals surface area contributed by atoms with Crippen molar-refractivity contribution in [1.29, 1.82) is 0 Å². The molecule has 2 aliphatic heterocycles. The fourth-order valence-electron chi connectivity index (χ4n) is 3.15. The number of carbonyl (C=O) groups excluding carboxylic acids is 1. The molecule has 0 aliphatic carbocycles. The molecule has 1 amide bonds. The summed E-state index contributed by atoms with van der Waals surface area (Å²) in [4.78, 5) is 17.0. The molecule has 0 bridgehead atoms. The van der Waals surface area contributed by atoms with Crippen LogP contribution in [-0.2, 0) is 0 Å². The summed E-state index contributed by atoms with van der Waals surface area (Å²) in [6.07, 6.45) is 3.64. The second kappa shape index (κ2) is 5.11. The normalized spacial score (nSPS) is 24.7. The highest BCUT2D eigenvalue weighted by Gasteiger charge is 2.30. The molecular formula is C15H20N2O. The number of hydrogen-bond acceptors (Lipinski definition) is 2. The van der Waals surface area contributed by atoms with Gasteiger partial charge in [0.1, 0.15) is 0 Å². The molecular weight excluding hydrogens is 224 g/mol. The summed E-state index contributed by atoms with van der Waals surface area (Å²) in [5.41, 5.74) is 0.823.